The minimum Gasteiger partial charge on any atom is -0.464 e. The van der Waals surface area contributed by atoms with Crippen molar-refractivity contribution < 1.29 is 4.42 Å². The number of halogens is 1. The third kappa shape index (κ3) is 1.77. The molecule has 0 aliphatic heterocycles. The monoisotopic (exact) mass is 284 g/mol. The van der Waals surface area contributed by atoms with Crippen LogP contribution in [0.25, 0.3) is 11.3 Å². The van der Waals surface area contributed by atoms with Gasteiger partial charge in [-0.1, -0.05) is 11.6 Å². The molecule has 1 aromatic heterocycles. The number of hydrogen-bond donors (Lipinski definition) is 0. The fourth-order valence-corrected chi connectivity index (χ4v) is 1.86. The average molecular weight is 284 g/mol. The molecular weight excluding hydrogens is 275 g/mol. The van der Waals surface area contributed by atoms with E-state index in [1.807, 2.05) is 12.1 Å². The maximum absolute atomic E-state index is 5.35. The van der Waals surface area contributed by atoms with Gasteiger partial charge in [-0.05, 0) is 53.8 Å². The number of aryl methyl sites for hydroxylation is 1. The van der Waals surface area contributed by atoms with Crippen LogP contribution in [0.15, 0.2) is 41.0 Å². The molecule has 0 aliphatic carbocycles. The molecule has 0 radical (unpaired) electrons. The average Bonchev–Trinajstić information content (AvgIpc) is 2.61. The topological polar surface area (TPSA) is 13.1 Å². The summed E-state index contributed by atoms with van der Waals surface area (Å²) in [5, 5.41) is 0. The molecule has 0 N–H and O–H groups in total. The molecule has 0 aliphatic rings. The van der Waals surface area contributed by atoms with Gasteiger partial charge in [0.1, 0.15) is 5.76 Å². The zero-order valence-electron chi connectivity index (χ0n) is 7.25. The van der Waals surface area contributed by atoms with Gasteiger partial charge in [-0.3, -0.25) is 0 Å². The van der Waals surface area contributed by atoms with Gasteiger partial charge in [0.15, 0.2) is 0 Å². The van der Waals surface area contributed by atoms with Crippen LogP contribution in [-0.4, -0.2) is 0 Å². The van der Waals surface area contributed by atoms with Crippen molar-refractivity contribution in [3.63, 3.8) is 0 Å². The highest BCUT2D eigenvalue weighted by atomic mass is 127. The van der Waals surface area contributed by atoms with Crippen LogP contribution in [0.5, 0.6) is 0 Å². The highest BCUT2D eigenvalue weighted by Gasteiger charge is 2.04. The summed E-state index contributed by atoms with van der Waals surface area (Å²) in [4.78, 5) is 0. The molecule has 66 valence electrons. The highest BCUT2D eigenvalue weighted by Crippen LogP contribution is 2.26. The van der Waals surface area contributed by atoms with Gasteiger partial charge < -0.3 is 4.42 Å². The zero-order chi connectivity index (χ0) is 9.26. The van der Waals surface area contributed by atoms with Crippen molar-refractivity contribution in [2.24, 2.45) is 0 Å². The van der Waals surface area contributed by atoms with Crippen LogP contribution in [0.1, 0.15) is 5.56 Å². The molecule has 0 unspecified atom stereocenters. The summed E-state index contributed by atoms with van der Waals surface area (Å²) in [5.74, 6) is 0.938. The maximum Gasteiger partial charge on any atom is 0.134 e. The third-order valence-electron chi connectivity index (χ3n) is 1.91. The van der Waals surface area contributed by atoms with E-state index < -0.39 is 0 Å². The maximum atomic E-state index is 5.35. The van der Waals surface area contributed by atoms with Gasteiger partial charge >= 0.3 is 0 Å². The standard InChI is InChI=1S/C11H9IO/c1-8-4-5-10(12)9(7-8)11-3-2-6-13-11/h2-7H,1H3. The first-order chi connectivity index (χ1) is 6.27. The Labute approximate surface area is 90.9 Å². The van der Waals surface area contributed by atoms with Crippen molar-refractivity contribution in [2.45, 2.75) is 6.92 Å². The molecular formula is C11H9IO. The minimum absolute atomic E-state index is 0.938. The Hall–Kier alpha value is -0.770. The fraction of sp³-hybridized carbons (Fsp3) is 0.0909. The normalized spacial score (nSPS) is 10.3. The van der Waals surface area contributed by atoms with Crippen molar-refractivity contribution >= 4 is 22.6 Å². The lowest BCUT2D eigenvalue weighted by Gasteiger charge is -2.01. The molecule has 0 bridgehead atoms. The molecule has 1 aromatic carbocycles. The lowest BCUT2D eigenvalue weighted by molar-refractivity contribution is 0.582. The van der Waals surface area contributed by atoms with Crippen LogP contribution in [0.3, 0.4) is 0 Å². The lowest BCUT2D eigenvalue weighted by Crippen LogP contribution is -1.81. The van der Waals surface area contributed by atoms with Gasteiger partial charge in [-0.15, -0.1) is 0 Å². The van der Waals surface area contributed by atoms with E-state index in [-0.39, 0.29) is 0 Å². The molecule has 0 saturated carbocycles. The first-order valence-electron chi connectivity index (χ1n) is 4.07. The van der Waals surface area contributed by atoms with E-state index in [4.69, 9.17) is 4.42 Å². The van der Waals surface area contributed by atoms with Crippen LogP contribution < -0.4 is 0 Å². The largest absolute Gasteiger partial charge is 0.464 e. The van der Waals surface area contributed by atoms with Crippen molar-refractivity contribution in [1.82, 2.24) is 0 Å². The summed E-state index contributed by atoms with van der Waals surface area (Å²) in [6, 6.07) is 10.2. The van der Waals surface area contributed by atoms with Gasteiger partial charge in [0.25, 0.3) is 0 Å². The summed E-state index contributed by atoms with van der Waals surface area (Å²) < 4.78 is 6.57. The van der Waals surface area contributed by atoms with Gasteiger partial charge in [-0.25, -0.2) is 0 Å². The first kappa shape index (κ1) is 8.81. The molecule has 13 heavy (non-hydrogen) atoms. The Balaban J connectivity index is 2.57. The van der Waals surface area contributed by atoms with Crippen molar-refractivity contribution in [1.29, 1.82) is 0 Å². The number of hydrogen-bond acceptors (Lipinski definition) is 1. The molecule has 2 aromatic rings. The second-order valence-corrected chi connectivity index (χ2v) is 4.12. The summed E-state index contributed by atoms with van der Waals surface area (Å²) in [6.45, 7) is 2.09. The van der Waals surface area contributed by atoms with E-state index in [1.165, 1.54) is 14.7 Å². The van der Waals surface area contributed by atoms with Gasteiger partial charge in [-0.2, -0.15) is 0 Å². The molecule has 1 nitrogen and oxygen atoms in total. The Kier molecular flexibility index (Phi) is 2.40. The van der Waals surface area contributed by atoms with Crippen LogP contribution in [0.4, 0.5) is 0 Å². The molecule has 0 spiro atoms. The van der Waals surface area contributed by atoms with E-state index in [0.717, 1.165) is 5.76 Å². The molecule has 0 fully saturated rings. The first-order valence-corrected chi connectivity index (χ1v) is 5.15. The van der Waals surface area contributed by atoms with Crippen molar-refractivity contribution in [3.05, 3.63) is 45.7 Å². The highest BCUT2D eigenvalue weighted by molar-refractivity contribution is 14.1. The SMILES string of the molecule is Cc1ccc(I)c(-c2ccco2)c1. The third-order valence-corrected chi connectivity index (χ3v) is 2.85. The van der Waals surface area contributed by atoms with Gasteiger partial charge in [0.2, 0.25) is 0 Å². The number of furan rings is 1. The van der Waals surface area contributed by atoms with Crippen LogP contribution >= 0.6 is 22.6 Å². The molecule has 0 atom stereocenters. The molecule has 0 saturated heterocycles. The van der Waals surface area contributed by atoms with E-state index >= 15 is 0 Å². The predicted molar refractivity (Wildman–Crippen MR) is 61.6 cm³/mol. The summed E-state index contributed by atoms with van der Waals surface area (Å²) in [7, 11) is 0. The molecule has 1 heterocycles. The molecule has 2 rings (SSSR count). The van der Waals surface area contributed by atoms with E-state index in [9.17, 15) is 0 Å². The van der Waals surface area contributed by atoms with Crippen molar-refractivity contribution in [3.8, 4) is 11.3 Å². The second kappa shape index (κ2) is 3.54. The second-order valence-electron chi connectivity index (χ2n) is 2.96. The summed E-state index contributed by atoms with van der Waals surface area (Å²) >= 11 is 2.32. The summed E-state index contributed by atoms with van der Waals surface area (Å²) in [5.41, 5.74) is 2.43. The Morgan fingerprint density at radius 2 is 2.08 bits per heavy atom. The quantitative estimate of drug-likeness (QED) is 0.725. The van der Waals surface area contributed by atoms with Crippen LogP contribution in [0.2, 0.25) is 0 Å². The van der Waals surface area contributed by atoms with Crippen molar-refractivity contribution in [2.75, 3.05) is 0 Å². The fourth-order valence-electron chi connectivity index (χ4n) is 1.26. The Bertz CT molecular complexity index is 404. The van der Waals surface area contributed by atoms with E-state index in [2.05, 4.69) is 47.7 Å². The number of benzene rings is 1. The van der Waals surface area contributed by atoms with Gasteiger partial charge in [0, 0.05) is 9.13 Å². The van der Waals surface area contributed by atoms with Crippen LogP contribution in [0, 0.1) is 10.5 Å². The minimum atomic E-state index is 0.938. The van der Waals surface area contributed by atoms with E-state index in [1.54, 1.807) is 6.26 Å². The van der Waals surface area contributed by atoms with Crippen LogP contribution in [-0.2, 0) is 0 Å². The molecule has 2 heteroatoms. The zero-order valence-corrected chi connectivity index (χ0v) is 9.41. The Morgan fingerprint density at radius 1 is 1.23 bits per heavy atom. The smallest absolute Gasteiger partial charge is 0.134 e. The molecule has 0 amide bonds. The summed E-state index contributed by atoms with van der Waals surface area (Å²) in [6.07, 6.45) is 1.70. The van der Waals surface area contributed by atoms with E-state index in [0.29, 0.717) is 0 Å². The Morgan fingerprint density at radius 3 is 2.77 bits per heavy atom. The van der Waals surface area contributed by atoms with Gasteiger partial charge in [0.05, 0.1) is 6.26 Å². The lowest BCUT2D eigenvalue weighted by atomic mass is 10.1. The number of rotatable bonds is 1. The predicted octanol–water partition coefficient (Wildman–Crippen LogP) is 3.86.